The zero-order valence-electron chi connectivity index (χ0n) is 17.3. The van der Waals surface area contributed by atoms with E-state index in [0.29, 0.717) is 25.2 Å². The number of halogens is 1. The van der Waals surface area contributed by atoms with Crippen LogP contribution in [0.3, 0.4) is 0 Å². The smallest absolute Gasteiger partial charge is 0.408 e. The maximum atomic E-state index is 13.2. The number of carbonyl (C=O) groups is 3. The average molecular weight is 407 g/mol. The maximum Gasteiger partial charge on any atom is 0.408 e. The van der Waals surface area contributed by atoms with Gasteiger partial charge < -0.3 is 20.3 Å². The number of nitrogens with zero attached hydrogens (tertiary/aromatic N) is 1. The van der Waals surface area contributed by atoms with Crippen LogP contribution in [0.2, 0.25) is 0 Å². The van der Waals surface area contributed by atoms with E-state index in [1.165, 1.54) is 12.1 Å². The summed E-state index contributed by atoms with van der Waals surface area (Å²) in [5.74, 6) is -0.357. The third kappa shape index (κ3) is 8.50. The highest BCUT2D eigenvalue weighted by Crippen LogP contribution is 2.17. The Morgan fingerprint density at radius 1 is 1.17 bits per heavy atom. The quantitative estimate of drug-likeness (QED) is 0.757. The van der Waals surface area contributed by atoms with Crippen LogP contribution in [0.4, 0.5) is 9.18 Å². The number of rotatable bonds is 6. The molecule has 0 aromatic heterocycles. The van der Waals surface area contributed by atoms with Crippen molar-refractivity contribution in [1.82, 2.24) is 15.5 Å². The molecule has 0 unspecified atom stereocenters. The van der Waals surface area contributed by atoms with Crippen molar-refractivity contribution in [1.29, 1.82) is 0 Å². The standard InChI is InChI=1S/C21H30FN3O4/c1-21(2,3)29-20(28)24-14-18(26)23-13-15-7-9-25(10-8-15)19(27)12-16-5-4-6-17(22)11-16/h4-6,11,15H,7-10,12-14H2,1-3H3,(H,23,26)(H,24,28). The van der Waals surface area contributed by atoms with E-state index in [2.05, 4.69) is 10.6 Å². The Kier molecular flexibility index (Phi) is 7.99. The van der Waals surface area contributed by atoms with Gasteiger partial charge in [0, 0.05) is 19.6 Å². The molecule has 2 N–H and O–H groups in total. The number of hydrogen-bond donors (Lipinski definition) is 2. The number of carbonyl (C=O) groups excluding carboxylic acids is 3. The van der Waals surface area contributed by atoms with Gasteiger partial charge in [0.25, 0.3) is 0 Å². The summed E-state index contributed by atoms with van der Waals surface area (Å²) in [7, 11) is 0. The Balaban J connectivity index is 1.64. The molecule has 160 valence electrons. The SMILES string of the molecule is CC(C)(C)OC(=O)NCC(=O)NCC1CCN(C(=O)Cc2cccc(F)c2)CC1. The van der Waals surface area contributed by atoms with Crippen molar-refractivity contribution in [2.75, 3.05) is 26.2 Å². The molecular formula is C21H30FN3O4. The van der Waals surface area contributed by atoms with Crippen LogP contribution >= 0.6 is 0 Å². The minimum Gasteiger partial charge on any atom is -0.444 e. The largest absolute Gasteiger partial charge is 0.444 e. The monoisotopic (exact) mass is 407 g/mol. The van der Waals surface area contributed by atoms with Crippen LogP contribution in [0.5, 0.6) is 0 Å². The molecular weight excluding hydrogens is 377 g/mol. The number of likely N-dealkylation sites (tertiary alicyclic amines) is 1. The van der Waals surface area contributed by atoms with E-state index >= 15 is 0 Å². The van der Waals surface area contributed by atoms with Gasteiger partial charge >= 0.3 is 6.09 Å². The first-order valence-corrected chi connectivity index (χ1v) is 9.88. The van der Waals surface area contributed by atoms with Crippen molar-refractivity contribution in [3.8, 4) is 0 Å². The second-order valence-electron chi connectivity index (χ2n) is 8.29. The lowest BCUT2D eigenvalue weighted by atomic mass is 9.96. The van der Waals surface area contributed by atoms with Gasteiger partial charge in [0.1, 0.15) is 11.4 Å². The molecule has 1 aliphatic rings. The highest BCUT2D eigenvalue weighted by molar-refractivity contribution is 5.82. The molecule has 8 heteroatoms. The molecule has 1 aromatic rings. The molecule has 0 radical (unpaired) electrons. The molecule has 1 heterocycles. The number of alkyl carbamates (subject to hydrolysis) is 1. The van der Waals surface area contributed by atoms with Crippen LogP contribution in [0, 0.1) is 11.7 Å². The summed E-state index contributed by atoms with van der Waals surface area (Å²) in [6, 6.07) is 6.08. The second kappa shape index (κ2) is 10.2. The number of benzene rings is 1. The third-order valence-corrected chi connectivity index (χ3v) is 4.59. The molecule has 7 nitrogen and oxygen atoms in total. The molecule has 0 saturated carbocycles. The summed E-state index contributed by atoms with van der Waals surface area (Å²) < 4.78 is 18.3. The zero-order chi connectivity index (χ0) is 21.4. The van der Waals surface area contributed by atoms with E-state index in [-0.39, 0.29) is 36.5 Å². The van der Waals surface area contributed by atoms with Gasteiger partial charge in [-0.3, -0.25) is 9.59 Å². The van der Waals surface area contributed by atoms with E-state index in [9.17, 15) is 18.8 Å². The number of nitrogens with one attached hydrogen (secondary N) is 2. The lowest BCUT2D eigenvalue weighted by Crippen LogP contribution is -2.44. The third-order valence-electron chi connectivity index (χ3n) is 4.59. The fourth-order valence-electron chi connectivity index (χ4n) is 3.11. The minimum absolute atomic E-state index is 0.0142. The van der Waals surface area contributed by atoms with Gasteiger partial charge in [0.05, 0.1) is 13.0 Å². The van der Waals surface area contributed by atoms with Gasteiger partial charge in [-0.1, -0.05) is 12.1 Å². The van der Waals surface area contributed by atoms with Crippen LogP contribution in [-0.2, 0) is 20.7 Å². The average Bonchev–Trinajstić information content (AvgIpc) is 2.64. The van der Waals surface area contributed by atoms with Gasteiger partial charge in [-0.2, -0.15) is 0 Å². The molecule has 1 saturated heterocycles. The number of piperidine rings is 1. The van der Waals surface area contributed by atoms with E-state index in [4.69, 9.17) is 4.74 Å². The van der Waals surface area contributed by atoms with Crippen molar-refractivity contribution < 1.29 is 23.5 Å². The highest BCUT2D eigenvalue weighted by atomic mass is 19.1. The first-order valence-electron chi connectivity index (χ1n) is 9.88. The summed E-state index contributed by atoms with van der Waals surface area (Å²) >= 11 is 0. The molecule has 29 heavy (non-hydrogen) atoms. The molecule has 1 aliphatic heterocycles. The van der Waals surface area contributed by atoms with Crippen molar-refractivity contribution in [3.05, 3.63) is 35.6 Å². The summed E-state index contributed by atoms with van der Waals surface area (Å²) in [4.78, 5) is 37.6. The van der Waals surface area contributed by atoms with Crippen molar-refractivity contribution >= 4 is 17.9 Å². The van der Waals surface area contributed by atoms with E-state index < -0.39 is 11.7 Å². The predicted molar refractivity (Wildman–Crippen MR) is 107 cm³/mol. The summed E-state index contributed by atoms with van der Waals surface area (Å²) in [6.07, 6.45) is 1.14. The van der Waals surface area contributed by atoms with Gasteiger partial charge in [0.15, 0.2) is 0 Å². The predicted octanol–water partition coefficient (Wildman–Crippen LogP) is 2.25. The number of amides is 3. The molecule has 0 spiro atoms. The van der Waals surface area contributed by atoms with Crippen molar-refractivity contribution in [3.63, 3.8) is 0 Å². The number of ether oxygens (including phenoxy) is 1. The Hall–Kier alpha value is -2.64. The van der Waals surface area contributed by atoms with E-state index in [1.807, 2.05) is 0 Å². The molecule has 3 amide bonds. The second-order valence-corrected chi connectivity index (χ2v) is 8.29. The Morgan fingerprint density at radius 2 is 1.86 bits per heavy atom. The lowest BCUT2D eigenvalue weighted by Gasteiger charge is -2.32. The Labute approximate surface area is 171 Å². The van der Waals surface area contributed by atoms with Gasteiger partial charge in [0.2, 0.25) is 11.8 Å². The molecule has 1 aromatic carbocycles. The van der Waals surface area contributed by atoms with Crippen LogP contribution in [0.15, 0.2) is 24.3 Å². The Bertz CT molecular complexity index is 725. The highest BCUT2D eigenvalue weighted by Gasteiger charge is 2.23. The van der Waals surface area contributed by atoms with Crippen LogP contribution < -0.4 is 10.6 Å². The van der Waals surface area contributed by atoms with E-state index in [1.54, 1.807) is 37.8 Å². The minimum atomic E-state index is -0.627. The molecule has 0 bridgehead atoms. The first-order chi connectivity index (χ1) is 13.6. The zero-order valence-corrected chi connectivity index (χ0v) is 17.3. The van der Waals surface area contributed by atoms with Gasteiger partial charge in [-0.25, -0.2) is 9.18 Å². The molecule has 0 atom stereocenters. The fourth-order valence-corrected chi connectivity index (χ4v) is 3.11. The van der Waals surface area contributed by atoms with Crippen molar-refractivity contribution in [2.45, 2.75) is 45.6 Å². The van der Waals surface area contributed by atoms with Crippen molar-refractivity contribution in [2.24, 2.45) is 5.92 Å². The summed E-state index contributed by atoms with van der Waals surface area (Å²) in [5, 5.41) is 5.23. The molecule has 1 fully saturated rings. The van der Waals surface area contributed by atoms with Crippen LogP contribution in [-0.4, -0.2) is 54.6 Å². The maximum absolute atomic E-state index is 13.2. The van der Waals surface area contributed by atoms with Gasteiger partial charge in [-0.05, 0) is 57.2 Å². The summed E-state index contributed by atoms with van der Waals surface area (Å²) in [5.41, 5.74) is 0.0579. The lowest BCUT2D eigenvalue weighted by molar-refractivity contribution is -0.132. The fraction of sp³-hybridized carbons (Fsp3) is 0.571. The first kappa shape index (κ1) is 22.6. The van der Waals surface area contributed by atoms with Crippen LogP contribution in [0.1, 0.15) is 39.2 Å². The number of hydrogen-bond acceptors (Lipinski definition) is 4. The normalized spacial score (nSPS) is 15.0. The summed E-state index contributed by atoms with van der Waals surface area (Å²) in [6.45, 7) is 6.85. The van der Waals surface area contributed by atoms with Gasteiger partial charge in [-0.15, -0.1) is 0 Å². The van der Waals surface area contributed by atoms with Crippen LogP contribution in [0.25, 0.3) is 0 Å². The molecule has 2 rings (SSSR count). The Morgan fingerprint density at radius 3 is 2.48 bits per heavy atom. The van der Waals surface area contributed by atoms with E-state index in [0.717, 1.165) is 12.8 Å². The topological polar surface area (TPSA) is 87.7 Å². The molecule has 0 aliphatic carbocycles.